The zero-order valence-electron chi connectivity index (χ0n) is 11.5. The van der Waals surface area contributed by atoms with Gasteiger partial charge in [0.25, 0.3) is 0 Å². The second-order valence-electron chi connectivity index (χ2n) is 5.44. The van der Waals surface area contributed by atoms with Gasteiger partial charge in [0.05, 0.1) is 5.60 Å². The average Bonchev–Trinajstić information content (AvgIpc) is 2.36. The largest absolute Gasteiger partial charge is 0.385 e. The molecule has 1 heteroatoms. The third kappa shape index (κ3) is 2.28. The van der Waals surface area contributed by atoms with E-state index in [-0.39, 0.29) is 5.92 Å². The van der Waals surface area contributed by atoms with Gasteiger partial charge in [-0.2, -0.15) is 0 Å². The molecule has 0 heterocycles. The van der Waals surface area contributed by atoms with Gasteiger partial charge in [0.15, 0.2) is 0 Å². The van der Waals surface area contributed by atoms with Gasteiger partial charge in [-0.25, -0.2) is 0 Å². The van der Waals surface area contributed by atoms with Crippen LogP contribution in [0.2, 0.25) is 0 Å². The molecule has 1 aliphatic carbocycles. The second kappa shape index (κ2) is 5.11. The molecular weight excluding hydrogens is 220 g/mol. The maximum Gasteiger partial charge on any atom is 0.0959 e. The molecule has 0 saturated heterocycles. The number of benzene rings is 1. The first-order valence-corrected chi connectivity index (χ1v) is 6.69. The van der Waals surface area contributed by atoms with E-state index in [2.05, 4.69) is 44.2 Å². The van der Waals surface area contributed by atoms with Gasteiger partial charge in [0, 0.05) is 6.42 Å². The maximum absolute atomic E-state index is 11.0. The monoisotopic (exact) mass is 242 g/mol. The molecule has 1 N–H and O–H groups in total. The Morgan fingerprint density at radius 2 is 2.00 bits per heavy atom. The van der Waals surface area contributed by atoms with Crippen molar-refractivity contribution < 1.29 is 5.11 Å². The van der Waals surface area contributed by atoms with Crippen molar-refractivity contribution in [1.29, 1.82) is 0 Å². The molecule has 0 radical (unpaired) electrons. The molecule has 0 spiro atoms. The molecular formula is C17H22O. The highest BCUT2D eigenvalue weighted by Crippen LogP contribution is 2.42. The summed E-state index contributed by atoms with van der Waals surface area (Å²) in [7, 11) is 0. The Morgan fingerprint density at radius 3 is 2.67 bits per heavy atom. The van der Waals surface area contributed by atoms with Gasteiger partial charge in [-0.3, -0.25) is 0 Å². The van der Waals surface area contributed by atoms with Crippen molar-refractivity contribution in [2.45, 2.75) is 39.2 Å². The van der Waals surface area contributed by atoms with Crippen molar-refractivity contribution in [2.75, 3.05) is 0 Å². The minimum atomic E-state index is -0.720. The molecule has 0 aliphatic heterocycles. The molecule has 18 heavy (non-hydrogen) atoms. The summed E-state index contributed by atoms with van der Waals surface area (Å²) in [6.07, 6.45) is 7.93. The van der Waals surface area contributed by atoms with Crippen molar-refractivity contribution >= 4 is 0 Å². The summed E-state index contributed by atoms with van der Waals surface area (Å²) >= 11 is 0. The van der Waals surface area contributed by atoms with Crippen molar-refractivity contribution in [1.82, 2.24) is 0 Å². The van der Waals surface area contributed by atoms with E-state index in [1.807, 2.05) is 19.1 Å². The molecule has 1 aromatic rings. The van der Waals surface area contributed by atoms with Crippen LogP contribution in [-0.2, 0) is 12.0 Å². The molecule has 0 aromatic heterocycles. The van der Waals surface area contributed by atoms with Crippen LogP contribution in [0.4, 0.5) is 0 Å². The van der Waals surface area contributed by atoms with Gasteiger partial charge in [0.1, 0.15) is 0 Å². The minimum absolute atomic E-state index is 0.216. The number of hydrogen-bond acceptors (Lipinski definition) is 1. The quantitative estimate of drug-likeness (QED) is 0.831. The van der Waals surface area contributed by atoms with Crippen LogP contribution >= 0.6 is 0 Å². The Labute approximate surface area is 110 Å². The SMILES string of the molecule is C/C=C\C=C1\Cc2ccccc2C(O)(C(C)C)C1. The fourth-order valence-corrected chi connectivity index (χ4v) is 2.71. The zero-order valence-corrected chi connectivity index (χ0v) is 11.5. The highest BCUT2D eigenvalue weighted by molar-refractivity contribution is 5.41. The summed E-state index contributed by atoms with van der Waals surface area (Å²) in [4.78, 5) is 0. The first-order chi connectivity index (χ1) is 8.58. The first-order valence-electron chi connectivity index (χ1n) is 6.69. The second-order valence-corrected chi connectivity index (χ2v) is 5.44. The van der Waals surface area contributed by atoms with Gasteiger partial charge in [-0.15, -0.1) is 0 Å². The maximum atomic E-state index is 11.0. The standard InChI is InChI=1S/C17H22O/c1-4-5-8-14-11-15-9-6-7-10-16(15)17(18,12-14)13(2)3/h4-10,13,18H,11-12H2,1-3H3/b5-4-,14-8-. The predicted molar refractivity (Wildman–Crippen MR) is 76.4 cm³/mol. The van der Waals surface area contributed by atoms with Gasteiger partial charge < -0.3 is 5.11 Å². The molecule has 1 unspecified atom stereocenters. The fourth-order valence-electron chi connectivity index (χ4n) is 2.71. The van der Waals surface area contributed by atoms with Gasteiger partial charge in [-0.1, -0.05) is 61.9 Å². The summed E-state index contributed by atoms with van der Waals surface area (Å²) in [5, 5.41) is 11.0. The van der Waals surface area contributed by atoms with Crippen LogP contribution in [0.15, 0.2) is 48.1 Å². The van der Waals surface area contributed by atoms with E-state index in [4.69, 9.17) is 0 Å². The summed E-state index contributed by atoms with van der Waals surface area (Å²) in [6.45, 7) is 6.20. The van der Waals surface area contributed by atoms with Crippen LogP contribution < -0.4 is 0 Å². The van der Waals surface area contributed by atoms with E-state index in [9.17, 15) is 5.11 Å². The number of allylic oxidation sites excluding steroid dienone is 3. The van der Waals surface area contributed by atoms with Crippen LogP contribution in [0, 0.1) is 5.92 Å². The van der Waals surface area contributed by atoms with Gasteiger partial charge >= 0.3 is 0 Å². The minimum Gasteiger partial charge on any atom is -0.385 e. The van der Waals surface area contributed by atoms with E-state index in [0.717, 1.165) is 18.4 Å². The fraction of sp³-hybridized carbons (Fsp3) is 0.412. The molecule has 2 rings (SSSR count). The molecule has 0 amide bonds. The third-order valence-electron chi connectivity index (χ3n) is 3.88. The van der Waals surface area contributed by atoms with E-state index in [1.54, 1.807) is 0 Å². The molecule has 0 bridgehead atoms. The van der Waals surface area contributed by atoms with Gasteiger partial charge in [-0.05, 0) is 30.4 Å². The average molecular weight is 242 g/mol. The van der Waals surface area contributed by atoms with Gasteiger partial charge in [0.2, 0.25) is 0 Å². The lowest BCUT2D eigenvalue weighted by molar-refractivity contribution is -0.0145. The highest BCUT2D eigenvalue weighted by atomic mass is 16.3. The number of rotatable bonds is 2. The van der Waals surface area contributed by atoms with Crippen molar-refractivity contribution in [3.8, 4) is 0 Å². The molecule has 1 atom stereocenters. The summed E-state index contributed by atoms with van der Waals surface area (Å²) < 4.78 is 0. The zero-order chi connectivity index (χ0) is 13.2. The lowest BCUT2D eigenvalue weighted by Crippen LogP contribution is -2.36. The summed E-state index contributed by atoms with van der Waals surface area (Å²) in [6, 6.07) is 8.28. The molecule has 1 nitrogen and oxygen atoms in total. The number of fused-ring (bicyclic) bond motifs is 1. The van der Waals surface area contributed by atoms with Crippen LogP contribution in [-0.4, -0.2) is 5.11 Å². The van der Waals surface area contributed by atoms with Crippen LogP contribution in [0.25, 0.3) is 0 Å². The molecule has 1 aromatic carbocycles. The third-order valence-corrected chi connectivity index (χ3v) is 3.88. The Bertz CT molecular complexity index is 482. The Kier molecular flexibility index (Phi) is 3.72. The van der Waals surface area contributed by atoms with E-state index in [0.29, 0.717) is 0 Å². The number of hydrogen-bond donors (Lipinski definition) is 1. The molecule has 0 fully saturated rings. The van der Waals surface area contributed by atoms with E-state index < -0.39 is 5.60 Å². The Balaban J connectivity index is 2.48. The summed E-state index contributed by atoms with van der Waals surface area (Å²) in [5.74, 6) is 0.216. The lowest BCUT2D eigenvalue weighted by Gasteiger charge is -2.39. The van der Waals surface area contributed by atoms with Crippen LogP contribution in [0.3, 0.4) is 0 Å². The van der Waals surface area contributed by atoms with Crippen LogP contribution in [0.5, 0.6) is 0 Å². The Hall–Kier alpha value is -1.34. The first kappa shape index (κ1) is 13.1. The number of aliphatic hydroxyl groups is 1. The van der Waals surface area contributed by atoms with Crippen LogP contribution in [0.1, 0.15) is 38.3 Å². The van der Waals surface area contributed by atoms with E-state index in [1.165, 1.54) is 11.1 Å². The van der Waals surface area contributed by atoms with Crippen molar-refractivity contribution in [3.05, 3.63) is 59.2 Å². The topological polar surface area (TPSA) is 20.2 Å². The normalized spacial score (nSPS) is 25.9. The van der Waals surface area contributed by atoms with Crippen molar-refractivity contribution in [3.63, 3.8) is 0 Å². The van der Waals surface area contributed by atoms with E-state index >= 15 is 0 Å². The molecule has 96 valence electrons. The molecule has 1 aliphatic rings. The summed E-state index contributed by atoms with van der Waals surface area (Å²) in [5.41, 5.74) is 2.96. The smallest absolute Gasteiger partial charge is 0.0959 e. The Morgan fingerprint density at radius 1 is 1.28 bits per heavy atom. The lowest BCUT2D eigenvalue weighted by atomic mass is 9.71. The predicted octanol–water partition coefficient (Wildman–Crippen LogP) is 3.98. The van der Waals surface area contributed by atoms with Crippen molar-refractivity contribution in [2.24, 2.45) is 5.92 Å². The highest BCUT2D eigenvalue weighted by Gasteiger charge is 2.38. The molecule has 0 saturated carbocycles.